The van der Waals surface area contributed by atoms with E-state index in [0.29, 0.717) is 26.2 Å². The van der Waals surface area contributed by atoms with E-state index in [2.05, 4.69) is 9.88 Å². The molecule has 3 rings (SSSR count). The Kier molecular flexibility index (Phi) is 4.42. The number of benzene rings is 1. The fraction of sp³-hybridized carbons (Fsp3) is 0.294. The van der Waals surface area contributed by atoms with Crippen LogP contribution in [0.2, 0.25) is 0 Å². The number of alkyl halides is 3. The molecule has 2 heterocycles. The number of para-hydroxylation sites is 1. The Labute approximate surface area is 137 Å². The van der Waals surface area contributed by atoms with E-state index >= 15 is 0 Å². The summed E-state index contributed by atoms with van der Waals surface area (Å²) >= 11 is 0. The predicted octanol–water partition coefficient (Wildman–Crippen LogP) is 3.06. The number of piperazine rings is 1. The Balaban J connectivity index is 1.72. The molecule has 126 valence electrons. The van der Waals surface area contributed by atoms with Gasteiger partial charge >= 0.3 is 6.18 Å². The first kappa shape index (κ1) is 16.3. The van der Waals surface area contributed by atoms with Crippen molar-refractivity contribution in [1.29, 1.82) is 0 Å². The molecular formula is C17H16F3N3O. The summed E-state index contributed by atoms with van der Waals surface area (Å²) in [6.07, 6.45) is -3.38. The van der Waals surface area contributed by atoms with E-state index < -0.39 is 23.3 Å². The summed E-state index contributed by atoms with van der Waals surface area (Å²) in [7, 11) is 0. The summed E-state index contributed by atoms with van der Waals surface area (Å²) in [6, 6.07) is 11.8. The molecule has 1 fully saturated rings. The first-order chi connectivity index (χ1) is 11.5. The lowest BCUT2D eigenvalue weighted by molar-refractivity contribution is -0.138. The Morgan fingerprint density at radius 1 is 0.958 bits per heavy atom. The third-order valence-electron chi connectivity index (χ3n) is 4.00. The summed E-state index contributed by atoms with van der Waals surface area (Å²) in [4.78, 5) is 19.7. The minimum absolute atomic E-state index is 0.363. The Morgan fingerprint density at radius 3 is 2.25 bits per heavy atom. The fourth-order valence-electron chi connectivity index (χ4n) is 2.76. The highest BCUT2D eigenvalue weighted by molar-refractivity contribution is 5.94. The molecule has 1 aliphatic heterocycles. The number of pyridine rings is 1. The zero-order valence-electron chi connectivity index (χ0n) is 12.8. The topological polar surface area (TPSA) is 36.4 Å². The standard InChI is InChI=1S/C17H16F3N3O/c18-17(19,20)14-7-4-8-21-15(14)16(24)23-11-9-22(10-12-23)13-5-2-1-3-6-13/h1-8H,9-12H2. The molecule has 0 aliphatic carbocycles. The van der Waals surface area contributed by atoms with E-state index in [0.717, 1.165) is 11.8 Å². The number of rotatable bonds is 2. The maximum atomic E-state index is 13.0. The summed E-state index contributed by atoms with van der Waals surface area (Å²) < 4.78 is 39.1. The molecule has 7 heteroatoms. The number of nitrogens with zero attached hydrogens (tertiary/aromatic N) is 3. The molecule has 4 nitrogen and oxygen atoms in total. The van der Waals surface area contributed by atoms with Gasteiger partial charge in [0.15, 0.2) is 0 Å². The molecule has 0 radical (unpaired) electrons. The fourth-order valence-corrected chi connectivity index (χ4v) is 2.76. The van der Waals surface area contributed by atoms with Gasteiger partial charge in [-0.1, -0.05) is 18.2 Å². The lowest BCUT2D eigenvalue weighted by Gasteiger charge is -2.36. The minimum Gasteiger partial charge on any atom is -0.368 e. The highest BCUT2D eigenvalue weighted by Crippen LogP contribution is 2.31. The maximum Gasteiger partial charge on any atom is 0.418 e. The third kappa shape index (κ3) is 3.34. The van der Waals surface area contributed by atoms with Crippen molar-refractivity contribution < 1.29 is 18.0 Å². The molecule has 0 spiro atoms. The lowest BCUT2D eigenvalue weighted by atomic mass is 10.1. The number of hydrogen-bond donors (Lipinski definition) is 0. The van der Waals surface area contributed by atoms with Gasteiger partial charge in [-0.25, -0.2) is 0 Å². The molecule has 0 saturated carbocycles. The average Bonchev–Trinajstić information content (AvgIpc) is 2.61. The van der Waals surface area contributed by atoms with E-state index in [1.165, 1.54) is 17.2 Å². The molecule has 1 aromatic heterocycles. The second kappa shape index (κ2) is 6.51. The molecule has 1 saturated heterocycles. The van der Waals surface area contributed by atoms with Crippen molar-refractivity contribution in [3.8, 4) is 0 Å². The molecule has 2 aromatic rings. The molecule has 1 amide bonds. The molecule has 0 N–H and O–H groups in total. The van der Waals surface area contributed by atoms with Crippen molar-refractivity contribution in [2.75, 3.05) is 31.1 Å². The number of carbonyl (C=O) groups is 1. The van der Waals surface area contributed by atoms with E-state index in [1.807, 2.05) is 30.3 Å². The minimum atomic E-state index is -4.59. The number of amides is 1. The van der Waals surface area contributed by atoms with E-state index in [4.69, 9.17) is 0 Å². The van der Waals surface area contributed by atoms with Gasteiger partial charge in [-0.3, -0.25) is 9.78 Å². The molecule has 0 bridgehead atoms. The normalized spacial score (nSPS) is 15.5. The Bertz CT molecular complexity index is 711. The van der Waals surface area contributed by atoms with Gasteiger partial charge in [-0.2, -0.15) is 13.2 Å². The van der Waals surface area contributed by atoms with Crippen LogP contribution >= 0.6 is 0 Å². The van der Waals surface area contributed by atoms with E-state index in [-0.39, 0.29) is 0 Å². The van der Waals surface area contributed by atoms with Crippen LogP contribution in [0.15, 0.2) is 48.7 Å². The van der Waals surface area contributed by atoms with Gasteiger partial charge < -0.3 is 9.80 Å². The number of carbonyl (C=O) groups excluding carboxylic acids is 1. The van der Waals surface area contributed by atoms with Gasteiger partial charge in [0.2, 0.25) is 0 Å². The van der Waals surface area contributed by atoms with E-state index in [1.54, 1.807) is 0 Å². The van der Waals surface area contributed by atoms with Crippen LogP contribution in [-0.4, -0.2) is 42.0 Å². The van der Waals surface area contributed by atoms with Crippen molar-refractivity contribution in [3.63, 3.8) is 0 Å². The Hall–Kier alpha value is -2.57. The summed E-state index contributed by atoms with van der Waals surface area (Å²) in [5, 5.41) is 0. The van der Waals surface area contributed by atoms with Crippen LogP contribution in [0.1, 0.15) is 16.1 Å². The Morgan fingerprint density at radius 2 is 1.62 bits per heavy atom. The maximum absolute atomic E-state index is 13.0. The quantitative estimate of drug-likeness (QED) is 0.846. The molecule has 1 aliphatic rings. The van der Waals surface area contributed by atoms with Crippen LogP contribution in [0, 0.1) is 0 Å². The third-order valence-corrected chi connectivity index (χ3v) is 4.00. The van der Waals surface area contributed by atoms with Gasteiger partial charge in [0.05, 0.1) is 5.56 Å². The van der Waals surface area contributed by atoms with Gasteiger partial charge in [0.25, 0.3) is 5.91 Å². The van der Waals surface area contributed by atoms with Crippen LogP contribution in [0.3, 0.4) is 0 Å². The highest BCUT2D eigenvalue weighted by atomic mass is 19.4. The van der Waals surface area contributed by atoms with Crippen LogP contribution in [0.25, 0.3) is 0 Å². The smallest absolute Gasteiger partial charge is 0.368 e. The highest BCUT2D eigenvalue weighted by Gasteiger charge is 2.37. The van der Waals surface area contributed by atoms with Crippen LogP contribution < -0.4 is 4.90 Å². The van der Waals surface area contributed by atoms with E-state index in [9.17, 15) is 18.0 Å². The summed E-state index contributed by atoms with van der Waals surface area (Å²) in [5.41, 5.74) is -0.475. The zero-order chi connectivity index (χ0) is 17.2. The SMILES string of the molecule is O=C(c1ncccc1C(F)(F)F)N1CCN(c2ccccc2)CC1. The van der Waals surface area contributed by atoms with Crippen molar-refractivity contribution in [2.24, 2.45) is 0 Å². The molecule has 1 aromatic carbocycles. The molecular weight excluding hydrogens is 319 g/mol. The average molecular weight is 335 g/mol. The van der Waals surface area contributed by atoms with Gasteiger partial charge in [-0.15, -0.1) is 0 Å². The zero-order valence-corrected chi connectivity index (χ0v) is 12.8. The van der Waals surface area contributed by atoms with Crippen LogP contribution in [0.5, 0.6) is 0 Å². The molecule has 0 unspecified atom stereocenters. The second-order valence-corrected chi connectivity index (χ2v) is 5.51. The largest absolute Gasteiger partial charge is 0.418 e. The van der Waals surface area contributed by atoms with Crippen molar-refractivity contribution in [1.82, 2.24) is 9.88 Å². The van der Waals surface area contributed by atoms with Crippen molar-refractivity contribution in [3.05, 3.63) is 59.9 Å². The van der Waals surface area contributed by atoms with Gasteiger partial charge in [0.1, 0.15) is 5.69 Å². The van der Waals surface area contributed by atoms with Crippen LogP contribution in [0.4, 0.5) is 18.9 Å². The van der Waals surface area contributed by atoms with Crippen molar-refractivity contribution >= 4 is 11.6 Å². The molecule has 24 heavy (non-hydrogen) atoms. The van der Waals surface area contributed by atoms with Crippen molar-refractivity contribution in [2.45, 2.75) is 6.18 Å². The number of aromatic nitrogens is 1. The molecule has 0 atom stereocenters. The summed E-state index contributed by atoms with van der Waals surface area (Å²) in [6.45, 7) is 1.87. The van der Waals surface area contributed by atoms with Crippen LogP contribution in [-0.2, 0) is 6.18 Å². The summed E-state index contributed by atoms with van der Waals surface area (Å²) in [5.74, 6) is -0.671. The number of halogens is 3. The number of hydrogen-bond acceptors (Lipinski definition) is 3. The first-order valence-corrected chi connectivity index (χ1v) is 7.58. The first-order valence-electron chi connectivity index (χ1n) is 7.58. The predicted molar refractivity (Wildman–Crippen MR) is 83.8 cm³/mol. The number of anilines is 1. The monoisotopic (exact) mass is 335 g/mol. The van der Waals surface area contributed by atoms with Gasteiger partial charge in [-0.05, 0) is 24.3 Å². The second-order valence-electron chi connectivity index (χ2n) is 5.51. The lowest BCUT2D eigenvalue weighted by Crippen LogP contribution is -2.49. The van der Waals surface area contributed by atoms with Gasteiger partial charge in [0, 0.05) is 38.1 Å².